The summed E-state index contributed by atoms with van der Waals surface area (Å²) in [6.07, 6.45) is 1.58. The highest BCUT2D eigenvalue weighted by molar-refractivity contribution is 5.97. The van der Waals surface area contributed by atoms with Gasteiger partial charge < -0.3 is 25.1 Å². The van der Waals surface area contributed by atoms with Crippen LogP contribution >= 0.6 is 0 Å². The van der Waals surface area contributed by atoms with Gasteiger partial charge in [-0.1, -0.05) is 30.3 Å². The summed E-state index contributed by atoms with van der Waals surface area (Å²) in [5.41, 5.74) is 0.525. The van der Waals surface area contributed by atoms with E-state index in [0.29, 0.717) is 6.42 Å². The van der Waals surface area contributed by atoms with Gasteiger partial charge >= 0.3 is 0 Å². The maximum atomic E-state index is 11.9. The average Bonchev–Trinajstić information content (AvgIpc) is 2.55. The van der Waals surface area contributed by atoms with Crippen LogP contribution in [0.4, 0.5) is 5.69 Å². The first-order valence-corrected chi connectivity index (χ1v) is 7.37. The highest BCUT2D eigenvalue weighted by Crippen LogP contribution is 2.15. The lowest BCUT2D eigenvalue weighted by Crippen LogP contribution is -2.26. The summed E-state index contributed by atoms with van der Waals surface area (Å²) in [5.74, 6) is -3.39. The van der Waals surface area contributed by atoms with Crippen LogP contribution in [-0.4, -0.2) is 17.8 Å². The van der Waals surface area contributed by atoms with Gasteiger partial charge in [0.25, 0.3) is 0 Å². The number of aryl methyl sites for hydroxylation is 1. The summed E-state index contributed by atoms with van der Waals surface area (Å²) in [7, 11) is 0. The molecule has 124 valence electrons. The second kappa shape index (κ2) is 7.92. The van der Waals surface area contributed by atoms with Crippen molar-refractivity contribution < 1.29 is 24.6 Å². The predicted molar refractivity (Wildman–Crippen MR) is 83.1 cm³/mol. The monoisotopic (exact) mass is 325 g/mol. The normalized spacial score (nSPS) is 10.2. The molecule has 0 aliphatic carbocycles. The number of carbonyl (C=O) groups is 3. The van der Waals surface area contributed by atoms with Crippen molar-refractivity contribution in [3.05, 3.63) is 65.2 Å². The molecule has 0 atom stereocenters. The number of carbonyl (C=O) groups excluding carboxylic acids is 3. The van der Waals surface area contributed by atoms with Crippen molar-refractivity contribution in [2.45, 2.75) is 19.3 Å². The Labute approximate surface area is 138 Å². The number of aromatic carboxylic acids is 2. The van der Waals surface area contributed by atoms with Crippen LogP contribution in [0.3, 0.4) is 0 Å². The van der Waals surface area contributed by atoms with Crippen LogP contribution in [0.2, 0.25) is 0 Å². The van der Waals surface area contributed by atoms with E-state index in [2.05, 4.69) is 5.32 Å². The summed E-state index contributed by atoms with van der Waals surface area (Å²) >= 11 is 0. The summed E-state index contributed by atoms with van der Waals surface area (Å²) in [4.78, 5) is 33.7. The molecule has 0 radical (unpaired) electrons. The molecule has 0 saturated heterocycles. The molecule has 0 fully saturated rings. The van der Waals surface area contributed by atoms with Crippen molar-refractivity contribution >= 4 is 23.5 Å². The number of hydrogen-bond donors (Lipinski definition) is 1. The Morgan fingerprint density at radius 1 is 0.875 bits per heavy atom. The fraction of sp³-hybridized carbons (Fsp3) is 0.167. The van der Waals surface area contributed by atoms with E-state index in [0.717, 1.165) is 30.2 Å². The van der Waals surface area contributed by atoms with Gasteiger partial charge in [0.1, 0.15) is 0 Å². The van der Waals surface area contributed by atoms with Gasteiger partial charge in [-0.2, -0.15) is 0 Å². The van der Waals surface area contributed by atoms with Gasteiger partial charge in [-0.05, 0) is 47.7 Å². The SMILES string of the molecule is O=C(CCCc1ccccc1)Nc1cc(C(=O)[O-])cc(C(=O)[O-])c1. The van der Waals surface area contributed by atoms with Crippen molar-refractivity contribution in [2.24, 2.45) is 0 Å². The summed E-state index contributed by atoms with van der Waals surface area (Å²) in [6, 6.07) is 12.9. The maximum absolute atomic E-state index is 11.9. The molecule has 0 bridgehead atoms. The van der Waals surface area contributed by atoms with Gasteiger partial charge in [-0.3, -0.25) is 4.79 Å². The van der Waals surface area contributed by atoms with Gasteiger partial charge in [0.15, 0.2) is 0 Å². The second-order valence-electron chi connectivity index (χ2n) is 5.26. The van der Waals surface area contributed by atoms with Crippen LogP contribution in [0.15, 0.2) is 48.5 Å². The Morgan fingerprint density at radius 3 is 2.00 bits per heavy atom. The Hall–Kier alpha value is -3.15. The first-order valence-electron chi connectivity index (χ1n) is 7.37. The lowest BCUT2D eigenvalue weighted by atomic mass is 10.1. The van der Waals surface area contributed by atoms with Crippen molar-refractivity contribution in [1.29, 1.82) is 0 Å². The van der Waals surface area contributed by atoms with Gasteiger partial charge in [0, 0.05) is 12.1 Å². The predicted octanol–water partition coefficient (Wildman–Crippen LogP) is 0.375. The molecule has 1 N–H and O–H groups in total. The van der Waals surface area contributed by atoms with Gasteiger partial charge in [0.2, 0.25) is 5.91 Å². The Morgan fingerprint density at radius 2 is 1.46 bits per heavy atom. The molecule has 0 unspecified atom stereocenters. The van der Waals surface area contributed by atoms with E-state index in [4.69, 9.17) is 0 Å². The third-order valence-electron chi connectivity index (χ3n) is 3.40. The van der Waals surface area contributed by atoms with Crippen LogP contribution in [0, 0.1) is 0 Å². The molecule has 0 saturated carbocycles. The van der Waals surface area contributed by atoms with E-state index in [9.17, 15) is 24.6 Å². The smallest absolute Gasteiger partial charge is 0.224 e. The zero-order valence-electron chi connectivity index (χ0n) is 12.8. The standard InChI is InChI=1S/C18H17NO5/c20-16(8-4-7-12-5-2-1-3-6-12)19-15-10-13(17(21)22)9-14(11-15)18(23)24/h1-3,5-6,9-11H,4,7-8H2,(H,19,20)(H,21,22)(H,23,24)/p-2. The molecule has 0 aliphatic rings. The highest BCUT2D eigenvalue weighted by Gasteiger charge is 2.07. The lowest BCUT2D eigenvalue weighted by molar-refractivity contribution is -0.255. The molecule has 6 nitrogen and oxygen atoms in total. The minimum absolute atomic E-state index is 0.0839. The Bertz CT molecular complexity index is 723. The molecule has 1 amide bonds. The summed E-state index contributed by atoms with van der Waals surface area (Å²) in [5, 5.41) is 24.3. The zero-order valence-corrected chi connectivity index (χ0v) is 12.8. The molecule has 6 heteroatoms. The number of nitrogens with one attached hydrogen (secondary N) is 1. The molecular formula is C18H15NO5-2. The number of carboxylic acid groups (broad SMARTS) is 2. The van der Waals surface area contributed by atoms with E-state index in [1.165, 1.54) is 0 Å². The van der Waals surface area contributed by atoms with Crippen molar-refractivity contribution in [1.82, 2.24) is 0 Å². The number of hydrogen-bond acceptors (Lipinski definition) is 5. The number of amides is 1. The van der Waals surface area contributed by atoms with Crippen LogP contribution in [-0.2, 0) is 11.2 Å². The number of rotatable bonds is 7. The summed E-state index contributed by atoms with van der Waals surface area (Å²) in [6.45, 7) is 0. The molecule has 2 aromatic carbocycles. The van der Waals surface area contributed by atoms with E-state index in [1.807, 2.05) is 30.3 Å². The van der Waals surface area contributed by atoms with Gasteiger partial charge in [-0.15, -0.1) is 0 Å². The summed E-state index contributed by atoms with van der Waals surface area (Å²) < 4.78 is 0. The second-order valence-corrected chi connectivity index (χ2v) is 5.26. The topological polar surface area (TPSA) is 109 Å². The van der Waals surface area contributed by atoms with Crippen molar-refractivity contribution in [2.75, 3.05) is 5.32 Å². The Balaban J connectivity index is 1.97. The minimum atomic E-state index is -1.53. The lowest BCUT2D eigenvalue weighted by Gasteiger charge is -2.12. The largest absolute Gasteiger partial charge is 0.545 e. The first kappa shape index (κ1) is 17.2. The zero-order chi connectivity index (χ0) is 17.5. The third-order valence-corrected chi connectivity index (χ3v) is 3.40. The van der Waals surface area contributed by atoms with Crippen LogP contribution in [0.1, 0.15) is 39.1 Å². The average molecular weight is 325 g/mol. The minimum Gasteiger partial charge on any atom is -0.545 e. The van der Waals surface area contributed by atoms with Crippen molar-refractivity contribution in [3.8, 4) is 0 Å². The van der Waals surface area contributed by atoms with Gasteiger partial charge in [-0.25, -0.2) is 0 Å². The highest BCUT2D eigenvalue weighted by atomic mass is 16.4. The third kappa shape index (κ3) is 4.95. The molecule has 0 aromatic heterocycles. The molecule has 0 spiro atoms. The van der Waals surface area contributed by atoms with Crippen LogP contribution in [0.5, 0.6) is 0 Å². The fourth-order valence-electron chi connectivity index (χ4n) is 2.26. The van der Waals surface area contributed by atoms with E-state index < -0.39 is 11.9 Å². The van der Waals surface area contributed by atoms with Crippen molar-refractivity contribution in [3.63, 3.8) is 0 Å². The molecule has 0 aliphatic heterocycles. The van der Waals surface area contributed by atoms with Crippen LogP contribution in [0.25, 0.3) is 0 Å². The molecular weight excluding hydrogens is 310 g/mol. The van der Waals surface area contributed by atoms with E-state index >= 15 is 0 Å². The van der Waals surface area contributed by atoms with E-state index in [1.54, 1.807) is 0 Å². The Kier molecular flexibility index (Phi) is 5.68. The van der Waals surface area contributed by atoms with E-state index in [-0.39, 0.29) is 29.1 Å². The molecule has 24 heavy (non-hydrogen) atoms. The number of anilines is 1. The quantitative estimate of drug-likeness (QED) is 0.791. The molecule has 2 aromatic rings. The number of benzene rings is 2. The van der Waals surface area contributed by atoms with Crippen LogP contribution < -0.4 is 15.5 Å². The maximum Gasteiger partial charge on any atom is 0.224 e. The fourth-order valence-corrected chi connectivity index (χ4v) is 2.26. The number of carboxylic acids is 2. The van der Waals surface area contributed by atoms with Gasteiger partial charge in [0.05, 0.1) is 11.9 Å². The molecule has 2 rings (SSSR count). The molecule has 0 heterocycles. The first-order chi connectivity index (χ1) is 11.5.